The van der Waals surface area contributed by atoms with Crippen LogP contribution < -0.4 is 4.90 Å². The Morgan fingerprint density at radius 3 is 2.69 bits per heavy atom. The maximum Gasteiger partial charge on any atom is 0.410 e. The molecule has 0 aliphatic carbocycles. The van der Waals surface area contributed by atoms with Crippen molar-refractivity contribution in [2.75, 3.05) is 11.4 Å². The first-order chi connectivity index (χ1) is 13.7. The highest BCUT2D eigenvalue weighted by Gasteiger charge is 2.32. The fourth-order valence-electron chi connectivity index (χ4n) is 3.66. The molecule has 152 valence electrons. The lowest BCUT2D eigenvalue weighted by Crippen LogP contribution is -2.33. The molecule has 1 aromatic carbocycles. The highest BCUT2D eigenvalue weighted by atomic mass is 35.5. The van der Waals surface area contributed by atoms with E-state index in [1.807, 2.05) is 45.0 Å². The van der Waals surface area contributed by atoms with E-state index >= 15 is 0 Å². The number of halogens is 1. The van der Waals surface area contributed by atoms with Crippen molar-refractivity contribution >= 4 is 29.3 Å². The van der Waals surface area contributed by atoms with E-state index < -0.39 is 11.7 Å². The van der Waals surface area contributed by atoms with E-state index in [1.54, 1.807) is 9.80 Å². The fraction of sp³-hybridized carbons (Fsp3) is 0.429. The summed E-state index contributed by atoms with van der Waals surface area (Å²) in [6.45, 7) is 6.90. The SMILES string of the molecule is CC(C)(C)OC(=O)N1Cc2nc(Cl)nc(-c3cccc(N4CCCC4=O)c3)c2C1. The van der Waals surface area contributed by atoms with Crippen molar-refractivity contribution in [1.29, 1.82) is 0 Å². The second-order valence-electron chi connectivity index (χ2n) is 8.30. The fourth-order valence-corrected chi connectivity index (χ4v) is 3.85. The van der Waals surface area contributed by atoms with Crippen molar-refractivity contribution in [1.82, 2.24) is 14.9 Å². The molecule has 0 radical (unpaired) electrons. The molecule has 4 rings (SSSR count). The molecule has 0 N–H and O–H groups in total. The summed E-state index contributed by atoms with van der Waals surface area (Å²) in [5, 5.41) is 0.132. The van der Waals surface area contributed by atoms with Gasteiger partial charge < -0.3 is 9.64 Å². The molecular weight excluding hydrogens is 392 g/mol. The van der Waals surface area contributed by atoms with E-state index in [0.29, 0.717) is 30.9 Å². The Hall–Kier alpha value is -2.67. The van der Waals surface area contributed by atoms with E-state index in [1.165, 1.54) is 0 Å². The zero-order valence-corrected chi connectivity index (χ0v) is 17.5. The van der Waals surface area contributed by atoms with Crippen molar-refractivity contribution in [2.45, 2.75) is 52.3 Å². The van der Waals surface area contributed by atoms with Crippen LogP contribution in [0.3, 0.4) is 0 Å². The first-order valence-electron chi connectivity index (χ1n) is 9.65. The molecule has 2 aliphatic rings. The zero-order chi connectivity index (χ0) is 20.8. The predicted molar refractivity (Wildman–Crippen MR) is 110 cm³/mol. The maximum atomic E-state index is 12.5. The minimum atomic E-state index is -0.575. The Labute approximate surface area is 174 Å². The largest absolute Gasteiger partial charge is 0.444 e. The summed E-state index contributed by atoms with van der Waals surface area (Å²) in [7, 11) is 0. The van der Waals surface area contributed by atoms with Crippen LogP contribution in [-0.4, -0.2) is 39.0 Å². The monoisotopic (exact) mass is 414 g/mol. The number of aromatic nitrogens is 2. The number of anilines is 1. The third-order valence-corrected chi connectivity index (χ3v) is 5.08. The van der Waals surface area contributed by atoms with Crippen LogP contribution in [0.2, 0.25) is 5.28 Å². The minimum absolute atomic E-state index is 0.129. The van der Waals surface area contributed by atoms with Crippen LogP contribution in [0.15, 0.2) is 24.3 Å². The van der Waals surface area contributed by atoms with Gasteiger partial charge in [-0.2, -0.15) is 0 Å². The van der Waals surface area contributed by atoms with Gasteiger partial charge in [0, 0.05) is 29.8 Å². The lowest BCUT2D eigenvalue weighted by molar-refractivity contribution is -0.117. The number of ether oxygens (including phenoxy) is 1. The standard InChI is InChI=1S/C21H23ClN4O3/c1-21(2,3)29-20(28)25-11-15-16(12-25)23-19(22)24-18(15)13-6-4-7-14(10-13)26-9-5-8-17(26)27/h4,6-7,10H,5,8-9,11-12H2,1-3H3. The molecule has 8 heteroatoms. The van der Waals surface area contributed by atoms with Crippen molar-refractivity contribution in [3.8, 4) is 11.3 Å². The average molecular weight is 415 g/mol. The number of carbonyl (C=O) groups is 2. The van der Waals surface area contributed by atoms with Gasteiger partial charge in [0.05, 0.1) is 24.5 Å². The van der Waals surface area contributed by atoms with Gasteiger partial charge in [-0.05, 0) is 50.9 Å². The van der Waals surface area contributed by atoms with E-state index in [2.05, 4.69) is 9.97 Å². The molecule has 1 aromatic heterocycles. The number of nitrogens with zero attached hydrogens (tertiary/aromatic N) is 4. The number of fused-ring (bicyclic) bond motifs is 1. The molecule has 29 heavy (non-hydrogen) atoms. The lowest BCUT2D eigenvalue weighted by Gasteiger charge is -2.24. The molecule has 2 aliphatic heterocycles. The van der Waals surface area contributed by atoms with Crippen molar-refractivity contribution in [2.24, 2.45) is 0 Å². The first-order valence-corrected chi connectivity index (χ1v) is 10.0. The molecule has 0 bridgehead atoms. The van der Waals surface area contributed by atoms with Gasteiger partial charge >= 0.3 is 6.09 Å². The highest BCUT2D eigenvalue weighted by Crippen LogP contribution is 2.34. The molecule has 0 atom stereocenters. The molecule has 2 amide bonds. The van der Waals surface area contributed by atoms with Crippen LogP contribution in [-0.2, 0) is 22.6 Å². The molecule has 2 aromatic rings. The number of carbonyl (C=O) groups excluding carboxylic acids is 2. The lowest BCUT2D eigenvalue weighted by atomic mass is 10.0. The van der Waals surface area contributed by atoms with Crippen LogP contribution >= 0.6 is 11.6 Å². The Morgan fingerprint density at radius 1 is 1.21 bits per heavy atom. The molecule has 1 saturated heterocycles. The molecule has 0 spiro atoms. The third-order valence-electron chi connectivity index (χ3n) is 4.91. The van der Waals surface area contributed by atoms with E-state index in [4.69, 9.17) is 16.3 Å². The average Bonchev–Trinajstić information content (AvgIpc) is 3.26. The molecule has 1 fully saturated rings. The molecule has 0 saturated carbocycles. The number of hydrogen-bond acceptors (Lipinski definition) is 5. The topological polar surface area (TPSA) is 75.6 Å². The van der Waals surface area contributed by atoms with Crippen molar-refractivity contribution in [3.05, 3.63) is 40.8 Å². The molecule has 0 unspecified atom stereocenters. The summed E-state index contributed by atoms with van der Waals surface area (Å²) in [4.78, 5) is 36.8. The predicted octanol–water partition coefficient (Wildman–Crippen LogP) is 4.17. The van der Waals surface area contributed by atoms with E-state index in [0.717, 1.165) is 29.8 Å². The van der Waals surface area contributed by atoms with E-state index in [9.17, 15) is 9.59 Å². The van der Waals surface area contributed by atoms with Crippen LogP contribution in [0.4, 0.5) is 10.5 Å². The van der Waals surface area contributed by atoms with Gasteiger partial charge in [0.2, 0.25) is 11.2 Å². The minimum Gasteiger partial charge on any atom is -0.444 e. The van der Waals surface area contributed by atoms with Crippen LogP contribution in [0.5, 0.6) is 0 Å². The summed E-state index contributed by atoms with van der Waals surface area (Å²) >= 11 is 6.18. The quantitative estimate of drug-likeness (QED) is 0.689. The Bertz CT molecular complexity index is 986. The van der Waals surface area contributed by atoms with Crippen LogP contribution in [0.1, 0.15) is 44.9 Å². The van der Waals surface area contributed by atoms with Gasteiger partial charge in [-0.3, -0.25) is 9.69 Å². The smallest absolute Gasteiger partial charge is 0.410 e. The van der Waals surface area contributed by atoms with Gasteiger partial charge in [-0.15, -0.1) is 0 Å². The summed E-state index contributed by atoms with van der Waals surface area (Å²) in [5.74, 6) is 0.129. The number of benzene rings is 1. The summed E-state index contributed by atoms with van der Waals surface area (Å²) in [5.41, 5.74) is 3.36. The van der Waals surface area contributed by atoms with Crippen LogP contribution in [0.25, 0.3) is 11.3 Å². The number of rotatable bonds is 2. The van der Waals surface area contributed by atoms with Gasteiger partial charge in [0.25, 0.3) is 0 Å². The third kappa shape index (κ3) is 4.05. The molecule has 7 nitrogen and oxygen atoms in total. The Balaban J connectivity index is 1.66. The normalized spacial score (nSPS) is 16.3. The summed E-state index contributed by atoms with van der Waals surface area (Å²) in [6.07, 6.45) is 1.04. The zero-order valence-electron chi connectivity index (χ0n) is 16.7. The van der Waals surface area contributed by atoms with Gasteiger partial charge in [0.15, 0.2) is 0 Å². The van der Waals surface area contributed by atoms with Gasteiger partial charge in [-0.1, -0.05) is 12.1 Å². The second kappa shape index (κ2) is 7.30. The number of hydrogen-bond donors (Lipinski definition) is 0. The second-order valence-corrected chi connectivity index (χ2v) is 8.64. The molecular formula is C21H23ClN4O3. The Kier molecular flexibility index (Phi) is 4.94. The first kappa shape index (κ1) is 19.6. The van der Waals surface area contributed by atoms with E-state index in [-0.39, 0.29) is 11.2 Å². The van der Waals surface area contributed by atoms with Crippen molar-refractivity contribution < 1.29 is 14.3 Å². The van der Waals surface area contributed by atoms with Gasteiger partial charge in [0.1, 0.15) is 5.60 Å². The summed E-state index contributed by atoms with van der Waals surface area (Å²) < 4.78 is 5.49. The molecule has 3 heterocycles. The highest BCUT2D eigenvalue weighted by molar-refractivity contribution is 6.28. The Morgan fingerprint density at radius 2 is 2.00 bits per heavy atom. The maximum absolute atomic E-state index is 12.5. The van der Waals surface area contributed by atoms with Gasteiger partial charge in [-0.25, -0.2) is 14.8 Å². The summed E-state index contributed by atoms with van der Waals surface area (Å²) in [6, 6.07) is 7.69. The van der Waals surface area contributed by atoms with Crippen molar-refractivity contribution in [3.63, 3.8) is 0 Å². The van der Waals surface area contributed by atoms with Crippen LogP contribution in [0, 0.1) is 0 Å². The number of amides is 2.